The molecule has 1 aliphatic carbocycles. The number of amides is 1. The van der Waals surface area contributed by atoms with E-state index in [4.69, 9.17) is 9.47 Å². The van der Waals surface area contributed by atoms with E-state index in [0.29, 0.717) is 32.2 Å². The van der Waals surface area contributed by atoms with Crippen molar-refractivity contribution >= 4 is 12.1 Å². The molecule has 0 unspecified atom stereocenters. The molecule has 1 fully saturated rings. The van der Waals surface area contributed by atoms with E-state index in [9.17, 15) is 4.79 Å². The molecule has 7 nitrogen and oxygen atoms in total. The molecule has 0 aromatic rings. The summed E-state index contributed by atoms with van der Waals surface area (Å²) in [6.45, 7) is 8.80. The standard InChI is InChI=1S/C15H30N4O3/c1-15(2,3)22-14(20)19-8-7-17-13(16-4)18-9-10-21-11-12-5-6-12/h12H,5-11H2,1-4H3,(H,19,20)(H2,16,17,18). The monoisotopic (exact) mass is 314 g/mol. The highest BCUT2D eigenvalue weighted by molar-refractivity contribution is 5.79. The Labute approximate surface area is 133 Å². The fourth-order valence-corrected chi connectivity index (χ4v) is 1.66. The van der Waals surface area contributed by atoms with Gasteiger partial charge in [0.25, 0.3) is 0 Å². The molecule has 0 bridgehead atoms. The quantitative estimate of drug-likeness (QED) is 0.355. The van der Waals surface area contributed by atoms with Crippen molar-refractivity contribution in [3.63, 3.8) is 0 Å². The van der Waals surface area contributed by atoms with Gasteiger partial charge < -0.3 is 25.4 Å². The van der Waals surface area contributed by atoms with E-state index in [2.05, 4.69) is 20.9 Å². The van der Waals surface area contributed by atoms with Crippen molar-refractivity contribution in [2.75, 3.05) is 39.9 Å². The summed E-state index contributed by atoms with van der Waals surface area (Å²) in [4.78, 5) is 15.6. The van der Waals surface area contributed by atoms with Gasteiger partial charge in [-0.2, -0.15) is 0 Å². The normalized spacial score (nSPS) is 15.4. The summed E-state index contributed by atoms with van der Waals surface area (Å²) in [5.41, 5.74) is -0.477. The number of hydrogen-bond acceptors (Lipinski definition) is 4. The van der Waals surface area contributed by atoms with Crippen LogP contribution >= 0.6 is 0 Å². The number of carbonyl (C=O) groups excluding carboxylic acids is 1. The molecule has 0 atom stereocenters. The lowest BCUT2D eigenvalue weighted by Gasteiger charge is -2.19. The van der Waals surface area contributed by atoms with Crippen molar-refractivity contribution in [1.82, 2.24) is 16.0 Å². The van der Waals surface area contributed by atoms with Gasteiger partial charge in [-0.05, 0) is 39.5 Å². The van der Waals surface area contributed by atoms with Gasteiger partial charge in [0.05, 0.1) is 6.61 Å². The Kier molecular flexibility index (Phi) is 8.01. The number of carbonyl (C=O) groups is 1. The SMILES string of the molecule is CN=C(NCCNC(=O)OC(C)(C)C)NCCOCC1CC1. The number of nitrogens with zero attached hydrogens (tertiary/aromatic N) is 1. The average Bonchev–Trinajstić information content (AvgIpc) is 3.23. The second-order valence-corrected chi connectivity index (χ2v) is 6.37. The van der Waals surface area contributed by atoms with E-state index in [1.165, 1.54) is 12.8 Å². The second-order valence-electron chi connectivity index (χ2n) is 6.37. The largest absolute Gasteiger partial charge is 0.444 e. The van der Waals surface area contributed by atoms with Crippen LogP contribution in [0.25, 0.3) is 0 Å². The van der Waals surface area contributed by atoms with Gasteiger partial charge in [0.2, 0.25) is 0 Å². The molecule has 0 aliphatic heterocycles. The number of aliphatic imine (C=N–C) groups is 1. The molecule has 0 spiro atoms. The highest BCUT2D eigenvalue weighted by Gasteiger charge is 2.20. The third kappa shape index (κ3) is 10.3. The van der Waals surface area contributed by atoms with E-state index in [1.807, 2.05) is 20.8 Å². The summed E-state index contributed by atoms with van der Waals surface area (Å²) in [6, 6.07) is 0. The topological polar surface area (TPSA) is 84.0 Å². The Morgan fingerprint density at radius 1 is 1.14 bits per heavy atom. The fraction of sp³-hybridized carbons (Fsp3) is 0.867. The van der Waals surface area contributed by atoms with Crippen molar-refractivity contribution in [1.29, 1.82) is 0 Å². The van der Waals surface area contributed by atoms with E-state index < -0.39 is 11.7 Å². The number of nitrogens with one attached hydrogen (secondary N) is 3. The summed E-state index contributed by atoms with van der Waals surface area (Å²) in [6.07, 6.45) is 2.20. The fourth-order valence-electron chi connectivity index (χ4n) is 1.66. The minimum atomic E-state index is -0.477. The van der Waals surface area contributed by atoms with Crippen molar-refractivity contribution in [3.8, 4) is 0 Å². The van der Waals surface area contributed by atoms with Crippen LogP contribution < -0.4 is 16.0 Å². The first-order valence-corrected chi connectivity index (χ1v) is 7.90. The van der Waals surface area contributed by atoms with Crippen LogP contribution in [0.1, 0.15) is 33.6 Å². The molecule has 0 radical (unpaired) electrons. The maximum Gasteiger partial charge on any atom is 0.407 e. The number of alkyl carbamates (subject to hydrolysis) is 1. The van der Waals surface area contributed by atoms with Crippen LogP contribution in [0.2, 0.25) is 0 Å². The summed E-state index contributed by atoms with van der Waals surface area (Å²) in [5.74, 6) is 1.48. The number of hydrogen-bond donors (Lipinski definition) is 3. The molecular formula is C15H30N4O3. The number of ether oxygens (including phenoxy) is 2. The predicted molar refractivity (Wildman–Crippen MR) is 87.1 cm³/mol. The highest BCUT2D eigenvalue weighted by Crippen LogP contribution is 2.28. The van der Waals surface area contributed by atoms with Gasteiger partial charge in [-0.3, -0.25) is 4.99 Å². The number of guanidine groups is 1. The zero-order valence-corrected chi connectivity index (χ0v) is 14.2. The lowest BCUT2D eigenvalue weighted by molar-refractivity contribution is 0.0529. The van der Waals surface area contributed by atoms with Crippen LogP contribution in [0.4, 0.5) is 4.79 Å². The molecule has 0 aromatic heterocycles. The van der Waals surface area contributed by atoms with Crippen molar-refractivity contribution < 1.29 is 14.3 Å². The van der Waals surface area contributed by atoms with Gasteiger partial charge in [0.1, 0.15) is 5.60 Å². The van der Waals surface area contributed by atoms with Crippen molar-refractivity contribution in [2.45, 2.75) is 39.2 Å². The number of rotatable bonds is 8. The van der Waals surface area contributed by atoms with Crippen LogP contribution in [0.3, 0.4) is 0 Å². The van der Waals surface area contributed by atoms with E-state index in [-0.39, 0.29) is 0 Å². The van der Waals surface area contributed by atoms with E-state index in [1.54, 1.807) is 7.05 Å². The molecule has 128 valence electrons. The van der Waals surface area contributed by atoms with Gasteiger partial charge in [-0.25, -0.2) is 4.79 Å². The Balaban J connectivity index is 1.99. The van der Waals surface area contributed by atoms with Crippen LogP contribution in [-0.4, -0.2) is 57.5 Å². The highest BCUT2D eigenvalue weighted by atomic mass is 16.6. The maximum atomic E-state index is 11.5. The molecule has 0 aromatic carbocycles. The molecule has 0 heterocycles. The Morgan fingerprint density at radius 2 is 1.77 bits per heavy atom. The van der Waals surface area contributed by atoms with Gasteiger partial charge >= 0.3 is 6.09 Å². The third-order valence-corrected chi connectivity index (χ3v) is 2.90. The van der Waals surface area contributed by atoms with Crippen LogP contribution in [0.15, 0.2) is 4.99 Å². The molecule has 7 heteroatoms. The summed E-state index contributed by atoms with van der Waals surface area (Å²) < 4.78 is 10.7. The average molecular weight is 314 g/mol. The summed E-state index contributed by atoms with van der Waals surface area (Å²) >= 11 is 0. The van der Waals surface area contributed by atoms with Crippen molar-refractivity contribution in [3.05, 3.63) is 0 Å². The van der Waals surface area contributed by atoms with Crippen LogP contribution in [0.5, 0.6) is 0 Å². The van der Waals surface area contributed by atoms with Crippen LogP contribution in [-0.2, 0) is 9.47 Å². The zero-order chi connectivity index (χ0) is 16.4. The van der Waals surface area contributed by atoms with E-state index >= 15 is 0 Å². The molecule has 22 heavy (non-hydrogen) atoms. The van der Waals surface area contributed by atoms with Crippen molar-refractivity contribution in [2.24, 2.45) is 10.9 Å². The molecule has 1 saturated carbocycles. The lowest BCUT2D eigenvalue weighted by atomic mass is 10.2. The smallest absolute Gasteiger partial charge is 0.407 e. The van der Waals surface area contributed by atoms with Gasteiger partial charge in [0.15, 0.2) is 5.96 Å². The molecule has 1 rings (SSSR count). The molecule has 1 amide bonds. The maximum absolute atomic E-state index is 11.5. The van der Waals surface area contributed by atoms with Gasteiger partial charge in [-0.1, -0.05) is 0 Å². The lowest BCUT2D eigenvalue weighted by Crippen LogP contribution is -2.43. The Bertz CT molecular complexity index is 362. The minimum Gasteiger partial charge on any atom is -0.444 e. The van der Waals surface area contributed by atoms with Gasteiger partial charge in [-0.15, -0.1) is 0 Å². The summed E-state index contributed by atoms with van der Waals surface area (Å²) in [7, 11) is 1.71. The Hall–Kier alpha value is -1.50. The first kappa shape index (κ1) is 18.5. The van der Waals surface area contributed by atoms with Crippen LogP contribution in [0, 0.1) is 5.92 Å². The second kappa shape index (κ2) is 9.50. The zero-order valence-electron chi connectivity index (χ0n) is 14.2. The molecule has 3 N–H and O–H groups in total. The predicted octanol–water partition coefficient (Wildman–Crippen LogP) is 1.10. The first-order chi connectivity index (χ1) is 10.4. The first-order valence-electron chi connectivity index (χ1n) is 7.90. The third-order valence-electron chi connectivity index (χ3n) is 2.90. The molecular weight excluding hydrogens is 284 g/mol. The van der Waals surface area contributed by atoms with E-state index in [0.717, 1.165) is 12.5 Å². The molecule has 1 aliphatic rings. The van der Waals surface area contributed by atoms with Gasteiger partial charge in [0, 0.05) is 33.3 Å². The molecule has 0 saturated heterocycles. The Morgan fingerprint density at radius 3 is 2.36 bits per heavy atom. The summed E-state index contributed by atoms with van der Waals surface area (Å²) in [5, 5.41) is 8.96. The minimum absolute atomic E-state index is 0.411.